The van der Waals surface area contributed by atoms with Crippen molar-refractivity contribution in [3.8, 4) is 0 Å². The molecule has 1 saturated heterocycles. The topological polar surface area (TPSA) is 32.7 Å². The quantitative estimate of drug-likeness (QED) is 0.714. The Hall–Kier alpha value is -0.120. The summed E-state index contributed by atoms with van der Waals surface area (Å²) in [6, 6.07) is 0. The van der Waals surface area contributed by atoms with E-state index < -0.39 is 0 Å². The molecule has 0 aromatic heterocycles. The van der Waals surface area contributed by atoms with Crippen LogP contribution in [0.4, 0.5) is 0 Å². The van der Waals surface area contributed by atoms with Gasteiger partial charge in [0.2, 0.25) is 0 Å². The Balaban J connectivity index is 2.41. The summed E-state index contributed by atoms with van der Waals surface area (Å²) in [5.74, 6) is 0.531. The van der Waals surface area contributed by atoms with Crippen molar-refractivity contribution in [1.29, 1.82) is 0 Å². The molecule has 1 rings (SSSR count). The van der Waals surface area contributed by atoms with Gasteiger partial charge >= 0.3 is 0 Å². The van der Waals surface area contributed by atoms with Gasteiger partial charge in [-0.15, -0.1) is 0 Å². The van der Waals surface area contributed by atoms with E-state index in [1.165, 1.54) is 0 Å². The van der Waals surface area contributed by atoms with Gasteiger partial charge in [0.05, 0.1) is 6.10 Å². The standard InChI is InChI=1S/C10H21NO2/c1-8(2)10-11(5-4-6-12)7-9(3)13-10/h8-10,12H,4-7H2,1-3H3. The molecule has 0 amide bonds. The summed E-state index contributed by atoms with van der Waals surface area (Å²) in [5.41, 5.74) is 0. The van der Waals surface area contributed by atoms with Crippen LogP contribution in [0, 0.1) is 5.92 Å². The molecule has 1 aliphatic heterocycles. The van der Waals surface area contributed by atoms with Gasteiger partial charge in [0, 0.05) is 19.7 Å². The van der Waals surface area contributed by atoms with Gasteiger partial charge in [0.25, 0.3) is 0 Å². The summed E-state index contributed by atoms with van der Waals surface area (Å²) < 4.78 is 5.78. The Morgan fingerprint density at radius 1 is 1.54 bits per heavy atom. The summed E-state index contributed by atoms with van der Waals surface area (Å²) >= 11 is 0. The lowest BCUT2D eigenvalue weighted by atomic mass is 10.1. The lowest BCUT2D eigenvalue weighted by Crippen LogP contribution is -2.35. The minimum atomic E-state index is 0.251. The Morgan fingerprint density at radius 3 is 2.77 bits per heavy atom. The average Bonchev–Trinajstić information content (AvgIpc) is 2.43. The molecule has 1 aliphatic rings. The molecule has 0 bridgehead atoms. The SMILES string of the molecule is CC1CN(CCCO)C(C(C)C)O1. The Bertz CT molecular complexity index is 150. The summed E-state index contributed by atoms with van der Waals surface area (Å²) in [4.78, 5) is 2.32. The van der Waals surface area contributed by atoms with Gasteiger partial charge in [-0.25, -0.2) is 0 Å². The molecule has 0 aliphatic carbocycles. The van der Waals surface area contributed by atoms with Crippen LogP contribution in [0.25, 0.3) is 0 Å². The molecule has 0 spiro atoms. The van der Waals surface area contributed by atoms with Gasteiger partial charge < -0.3 is 9.84 Å². The molecular weight excluding hydrogens is 166 g/mol. The number of ether oxygens (including phenoxy) is 1. The van der Waals surface area contributed by atoms with E-state index in [2.05, 4.69) is 25.7 Å². The zero-order valence-corrected chi connectivity index (χ0v) is 8.86. The second-order valence-corrected chi connectivity index (χ2v) is 4.15. The summed E-state index contributed by atoms with van der Waals surface area (Å²) in [5, 5.41) is 8.75. The van der Waals surface area contributed by atoms with Crippen molar-refractivity contribution in [3.05, 3.63) is 0 Å². The smallest absolute Gasteiger partial charge is 0.113 e. The largest absolute Gasteiger partial charge is 0.396 e. The maximum absolute atomic E-state index is 8.75. The predicted molar refractivity (Wildman–Crippen MR) is 52.4 cm³/mol. The number of aliphatic hydroxyl groups excluding tert-OH is 1. The second kappa shape index (κ2) is 4.94. The third-order valence-electron chi connectivity index (χ3n) is 2.40. The molecule has 0 radical (unpaired) electrons. The molecule has 1 heterocycles. The van der Waals surface area contributed by atoms with Crippen LogP contribution in [-0.2, 0) is 4.74 Å². The Kier molecular flexibility index (Phi) is 4.16. The van der Waals surface area contributed by atoms with Crippen LogP contribution in [0.3, 0.4) is 0 Å². The van der Waals surface area contributed by atoms with E-state index in [9.17, 15) is 0 Å². The van der Waals surface area contributed by atoms with Crippen molar-refractivity contribution >= 4 is 0 Å². The third-order valence-corrected chi connectivity index (χ3v) is 2.40. The molecule has 2 atom stereocenters. The van der Waals surface area contributed by atoms with Crippen molar-refractivity contribution in [2.75, 3.05) is 19.7 Å². The Labute approximate surface area is 80.7 Å². The molecule has 3 nitrogen and oxygen atoms in total. The van der Waals surface area contributed by atoms with Crippen molar-refractivity contribution in [1.82, 2.24) is 4.90 Å². The fraction of sp³-hybridized carbons (Fsp3) is 1.00. The van der Waals surface area contributed by atoms with E-state index in [0.717, 1.165) is 19.5 Å². The van der Waals surface area contributed by atoms with Crippen LogP contribution in [0.2, 0.25) is 0 Å². The molecule has 1 N–H and O–H groups in total. The van der Waals surface area contributed by atoms with Crippen molar-refractivity contribution in [2.45, 2.75) is 39.5 Å². The summed E-state index contributed by atoms with van der Waals surface area (Å²) in [6.07, 6.45) is 1.44. The van der Waals surface area contributed by atoms with E-state index in [1.54, 1.807) is 0 Å². The first-order chi connectivity index (χ1) is 6.15. The second-order valence-electron chi connectivity index (χ2n) is 4.15. The van der Waals surface area contributed by atoms with Crippen LogP contribution in [-0.4, -0.2) is 42.0 Å². The van der Waals surface area contributed by atoms with Gasteiger partial charge in [-0.3, -0.25) is 4.90 Å². The van der Waals surface area contributed by atoms with Crippen LogP contribution < -0.4 is 0 Å². The van der Waals surface area contributed by atoms with Gasteiger partial charge in [0.15, 0.2) is 0 Å². The van der Waals surface area contributed by atoms with Gasteiger partial charge in [-0.05, 0) is 19.3 Å². The normalized spacial score (nSPS) is 30.2. The zero-order chi connectivity index (χ0) is 9.84. The molecule has 0 saturated carbocycles. The monoisotopic (exact) mass is 187 g/mol. The molecule has 0 aromatic rings. The molecule has 0 aromatic carbocycles. The van der Waals surface area contributed by atoms with Crippen LogP contribution in [0.5, 0.6) is 0 Å². The average molecular weight is 187 g/mol. The van der Waals surface area contributed by atoms with Gasteiger partial charge in [-0.1, -0.05) is 13.8 Å². The zero-order valence-electron chi connectivity index (χ0n) is 8.86. The highest BCUT2D eigenvalue weighted by molar-refractivity contribution is 4.77. The lowest BCUT2D eigenvalue weighted by molar-refractivity contribution is -0.0263. The first-order valence-electron chi connectivity index (χ1n) is 5.15. The fourth-order valence-electron chi connectivity index (χ4n) is 1.87. The predicted octanol–water partition coefficient (Wildman–Crippen LogP) is 1.07. The maximum Gasteiger partial charge on any atom is 0.113 e. The molecule has 78 valence electrons. The minimum absolute atomic E-state index is 0.251. The van der Waals surface area contributed by atoms with Crippen molar-refractivity contribution in [2.24, 2.45) is 5.92 Å². The highest BCUT2D eigenvalue weighted by atomic mass is 16.5. The summed E-state index contributed by atoms with van der Waals surface area (Å²) in [6.45, 7) is 8.68. The van der Waals surface area contributed by atoms with E-state index in [-0.39, 0.29) is 12.8 Å². The van der Waals surface area contributed by atoms with E-state index in [4.69, 9.17) is 9.84 Å². The summed E-state index contributed by atoms with van der Waals surface area (Å²) in [7, 11) is 0. The highest BCUT2D eigenvalue weighted by Gasteiger charge is 2.31. The fourth-order valence-corrected chi connectivity index (χ4v) is 1.87. The highest BCUT2D eigenvalue weighted by Crippen LogP contribution is 2.21. The number of hydrogen-bond acceptors (Lipinski definition) is 3. The first kappa shape index (κ1) is 11.0. The molecular formula is C10H21NO2. The first-order valence-corrected chi connectivity index (χ1v) is 5.15. The third kappa shape index (κ3) is 2.93. The van der Waals surface area contributed by atoms with Gasteiger partial charge in [0.1, 0.15) is 6.23 Å². The van der Waals surface area contributed by atoms with Crippen LogP contribution in [0.1, 0.15) is 27.2 Å². The number of aliphatic hydroxyl groups is 1. The Morgan fingerprint density at radius 2 is 2.23 bits per heavy atom. The lowest BCUT2D eigenvalue weighted by Gasteiger charge is -2.25. The molecule has 3 heteroatoms. The van der Waals surface area contributed by atoms with Crippen LogP contribution in [0.15, 0.2) is 0 Å². The van der Waals surface area contributed by atoms with Crippen molar-refractivity contribution in [3.63, 3.8) is 0 Å². The van der Waals surface area contributed by atoms with E-state index in [0.29, 0.717) is 12.0 Å². The molecule has 13 heavy (non-hydrogen) atoms. The number of hydrogen-bond donors (Lipinski definition) is 1. The molecule has 2 unspecified atom stereocenters. The van der Waals surface area contributed by atoms with Gasteiger partial charge in [-0.2, -0.15) is 0 Å². The van der Waals surface area contributed by atoms with Crippen molar-refractivity contribution < 1.29 is 9.84 Å². The van der Waals surface area contributed by atoms with Crippen LogP contribution >= 0.6 is 0 Å². The minimum Gasteiger partial charge on any atom is -0.396 e. The number of rotatable bonds is 4. The number of nitrogens with zero attached hydrogens (tertiary/aromatic N) is 1. The van der Waals surface area contributed by atoms with E-state index >= 15 is 0 Å². The molecule has 1 fully saturated rings. The van der Waals surface area contributed by atoms with E-state index in [1.807, 2.05) is 0 Å². The maximum atomic E-state index is 8.75.